The van der Waals surface area contributed by atoms with Gasteiger partial charge >= 0.3 is 5.69 Å². The minimum Gasteiger partial charge on any atom is -0.456 e. The van der Waals surface area contributed by atoms with Crippen molar-refractivity contribution in [2.75, 3.05) is 13.7 Å². The van der Waals surface area contributed by atoms with Gasteiger partial charge in [-0.3, -0.25) is 23.9 Å². The van der Waals surface area contributed by atoms with Crippen molar-refractivity contribution < 1.29 is 43.9 Å². The first-order valence-corrected chi connectivity index (χ1v) is 10.7. The molecule has 0 aromatic carbocycles. The van der Waals surface area contributed by atoms with E-state index in [4.69, 9.17) is 24.7 Å². The van der Waals surface area contributed by atoms with Crippen molar-refractivity contribution in [1.82, 2.24) is 14.9 Å². The number of ether oxygens (including phenoxy) is 4. The number of hydrogen-bond acceptors (Lipinski definition) is 11. The summed E-state index contributed by atoms with van der Waals surface area (Å²) >= 11 is 0. The molecule has 0 bridgehead atoms. The van der Waals surface area contributed by atoms with Crippen molar-refractivity contribution in [3.63, 3.8) is 0 Å². The summed E-state index contributed by atoms with van der Waals surface area (Å²) in [5.74, 6) is -2.14. The Morgan fingerprint density at radius 3 is 2.60 bits per heavy atom. The van der Waals surface area contributed by atoms with Gasteiger partial charge in [-0.05, 0) is 12.5 Å². The highest BCUT2D eigenvalue weighted by molar-refractivity contribution is 5.91. The third kappa shape index (κ3) is 5.61. The molecule has 35 heavy (non-hydrogen) atoms. The first kappa shape index (κ1) is 26.5. The Morgan fingerprint density at radius 2 is 2.00 bits per heavy atom. The number of methoxy groups -OCH3 is 1. The van der Waals surface area contributed by atoms with Gasteiger partial charge in [-0.2, -0.15) is 0 Å². The second-order valence-corrected chi connectivity index (χ2v) is 7.91. The van der Waals surface area contributed by atoms with E-state index >= 15 is 0 Å². The van der Waals surface area contributed by atoms with Gasteiger partial charge in [0.1, 0.15) is 30.5 Å². The van der Waals surface area contributed by atoms with E-state index in [1.165, 1.54) is 7.11 Å². The van der Waals surface area contributed by atoms with Crippen LogP contribution in [-0.2, 0) is 28.5 Å². The minimum atomic E-state index is -1.73. The number of rotatable bonds is 9. The fourth-order valence-corrected chi connectivity index (χ4v) is 3.71. The topological polar surface area (TPSA) is 225 Å². The van der Waals surface area contributed by atoms with Crippen molar-refractivity contribution in [1.29, 1.82) is 0 Å². The number of carbonyl (C=O) groups is 2. The summed E-state index contributed by atoms with van der Waals surface area (Å²) in [5, 5.41) is 33.7. The number of nitrogens with one attached hydrogen (secondary N) is 2. The van der Waals surface area contributed by atoms with Gasteiger partial charge in [-0.1, -0.05) is 6.92 Å². The third-order valence-corrected chi connectivity index (χ3v) is 5.46. The number of carbonyl (C=O) groups excluding carboxylic acids is 2. The lowest BCUT2D eigenvalue weighted by Gasteiger charge is -2.35. The van der Waals surface area contributed by atoms with Crippen LogP contribution in [0.3, 0.4) is 0 Å². The predicted octanol–water partition coefficient (Wildman–Crippen LogP) is -3.83. The number of nitrogens with two attached hydrogens (primary N) is 1. The molecular formula is C20H28N4O11. The molecule has 0 spiro atoms. The van der Waals surface area contributed by atoms with Crippen LogP contribution in [-0.4, -0.2) is 93.3 Å². The van der Waals surface area contributed by atoms with E-state index in [-0.39, 0.29) is 5.76 Å². The molecule has 3 rings (SSSR count). The lowest BCUT2D eigenvalue weighted by atomic mass is 10.0. The van der Waals surface area contributed by atoms with Gasteiger partial charge in [0.25, 0.3) is 11.5 Å². The second-order valence-electron chi connectivity index (χ2n) is 7.91. The van der Waals surface area contributed by atoms with E-state index in [1.807, 2.05) is 11.9 Å². The summed E-state index contributed by atoms with van der Waals surface area (Å²) in [5.41, 5.74) is 3.91. The zero-order valence-corrected chi connectivity index (χ0v) is 18.9. The Balaban J connectivity index is 1.85. The molecule has 1 fully saturated rings. The number of aliphatic hydroxyl groups excluding tert-OH is 3. The molecule has 1 aromatic rings. The quantitative estimate of drug-likeness (QED) is 0.192. The molecule has 15 nitrogen and oxygen atoms in total. The average molecular weight is 500 g/mol. The molecule has 1 saturated heterocycles. The van der Waals surface area contributed by atoms with E-state index < -0.39 is 72.2 Å². The standard InChI is InChI=1S/C20H28N4O11/c1-3-5-22-17(30)9-7-8(25)11(27)19(33-9)35-15(16(21)29)14-13(32-2)12(28)18(34-14)24-6-4-10(26)23-20(24)31/h4,6-8,11-15,18-19,25,27-28H,3,5H2,1-2H3,(H2,21,29)(H,22,30)(H,23,26,31)/t8-,11-,12+,13-,14-,15+,18+,19+/m0/s1. The normalized spacial score (nSPS) is 31.3. The fraction of sp³-hybridized carbons (Fsp3) is 0.600. The monoisotopic (exact) mass is 500 g/mol. The Hall–Kier alpha value is -3.08. The predicted molar refractivity (Wildman–Crippen MR) is 114 cm³/mol. The summed E-state index contributed by atoms with van der Waals surface area (Å²) in [4.78, 5) is 50.1. The molecule has 2 aliphatic heterocycles. The lowest BCUT2D eigenvalue weighted by Crippen LogP contribution is -2.54. The highest BCUT2D eigenvalue weighted by Crippen LogP contribution is 2.34. The molecule has 0 aliphatic carbocycles. The second kappa shape index (κ2) is 11.1. The molecule has 0 unspecified atom stereocenters. The summed E-state index contributed by atoms with van der Waals surface area (Å²) in [6, 6.07) is 1.03. The Kier molecular flexibility index (Phi) is 8.42. The van der Waals surface area contributed by atoms with Crippen LogP contribution in [0.15, 0.2) is 33.7 Å². The van der Waals surface area contributed by atoms with E-state index in [9.17, 15) is 34.5 Å². The molecule has 15 heteroatoms. The Labute approximate surface area is 198 Å². The molecule has 194 valence electrons. The Bertz CT molecular complexity index is 1070. The molecule has 0 radical (unpaired) electrons. The fourth-order valence-electron chi connectivity index (χ4n) is 3.71. The number of aromatic nitrogens is 2. The van der Waals surface area contributed by atoms with Crippen molar-refractivity contribution >= 4 is 11.8 Å². The molecule has 2 aliphatic rings. The highest BCUT2D eigenvalue weighted by atomic mass is 16.7. The average Bonchev–Trinajstić information content (AvgIpc) is 3.13. The number of aromatic amines is 1. The van der Waals surface area contributed by atoms with E-state index in [1.54, 1.807) is 0 Å². The summed E-state index contributed by atoms with van der Waals surface area (Å²) in [7, 11) is 1.20. The molecule has 7 N–H and O–H groups in total. The largest absolute Gasteiger partial charge is 0.456 e. The van der Waals surface area contributed by atoms with Crippen LogP contribution >= 0.6 is 0 Å². The number of nitrogens with zero attached hydrogens (tertiary/aromatic N) is 1. The number of aliphatic hydroxyl groups is 3. The van der Waals surface area contributed by atoms with E-state index in [0.717, 1.165) is 22.9 Å². The maximum Gasteiger partial charge on any atom is 0.330 e. The number of amides is 2. The van der Waals surface area contributed by atoms with Crippen LogP contribution in [0.2, 0.25) is 0 Å². The van der Waals surface area contributed by atoms with Gasteiger partial charge in [-0.25, -0.2) is 4.79 Å². The Morgan fingerprint density at radius 1 is 1.29 bits per heavy atom. The van der Waals surface area contributed by atoms with Crippen molar-refractivity contribution in [2.24, 2.45) is 5.73 Å². The zero-order chi connectivity index (χ0) is 25.9. The number of primary amides is 1. The van der Waals surface area contributed by atoms with Crippen molar-refractivity contribution in [3.05, 3.63) is 44.9 Å². The highest BCUT2D eigenvalue weighted by Gasteiger charge is 2.52. The van der Waals surface area contributed by atoms with Gasteiger partial charge in [0.05, 0.1) is 0 Å². The van der Waals surface area contributed by atoms with Crippen LogP contribution in [0.25, 0.3) is 0 Å². The van der Waals surface area contributed by atoms with Gasteiger partial charge in [-0.15, -0.1) is 0 Å². The van der Waals surface area contributed by atoms with Crippen molar-refractivity contribution in [2.45, 2.75) is 62.5 Å². The molecule has 0 saturated carbocycles. The first-order valence-electron chi connectivity index (χ1n) is 10.7. The summed E-state index contributed by atoms with van der Waals surface area (Å²) in [6.07, 6.45) is -9.66. The van der Waals surface area contributed by atoms with Gasteiger partial charge in [0, 0.05) is 25.9 Å². The van der Waals surface area contributed by atoms with Crippen molar-refractivity contribution in [3.8, 4) is 0 Å². The maximum absolute atomic E-state index is 12.3. The van der Waals surface area contributed by atoms with Gasteiger partial charge < -0.3 is 45.3 Å². The third-order valence-electron chi connectivity index (χ3n) is 5.46. The zero-order valence-electron chi connectivity index (χ0n) is 18.9. The van der Waals surface area contributed by atoms with Crippen LogP contribution < -0.4 is 22.3 Å². The molecule has 1 aromatic heterocycles. The molecular weight excluding hydrogens is 472 g/mol. The number of H-pyrrole nitrogens is 1. The lowest BCUT2D eigenvalue weighted by molar-refractivity contribution is -0.241. The van der Waals surface area contributed by atoms with Crippen LogP contribution in [0.5, 0.6) is 0 Å². The van der Waals surface area contributed by atoms with Gasteiger partial charge in [0.15, 0.2) is 18.1 Å². The minimum absolute atomic E-state index is 0.322. The smallest absolute Gasteiger partial charge is 0.330 e. The molecule has 8 atom stereocenters. The van der Waals surface area contributed by atoms with Crippen LogP contribution in [0.4, 0.5) is 0 Å². The molecule has 3 heterocycles. The van der Waals surface area contributed by atoms with E-state index in [2.05, 4.69) is 5.32 Å². The van der Waals surface area contributed by atoms with Gasteiger partial charge in [0.2, 0.25) is 12.2 Å². The summed E-state index contributed by atoms with van der Waals surface area (Å²) < 4.78 is 22.7. The summed E-state index contributed by atoms with van der Waals surface area (Å²) in [6.45, 7) is 2.15. The number of hydrogen-bond donors (Lipinski definition) is 6. The molecule has 2 amide bonds. The van der Waals surface area contributed by atoms with E-state index in [0.29, 0.717) is 13.0 Å². The maximum atomic E-state index is 12.3. The van der Waals surface area contributed by atoms with Crippen LogP contribution in [0, 0.1) is 0 Å². The van der Waals surface area contributed by atoms with Crippen LogP contribution in [0.1, 0.15) is 19.6 Å². The SMILES string of the molecule is CCCNC(=O)C1=C[C@H](O)[C@H](O)[C@@H](O[C@@H](C(N)=O)[C@H]2O[C@@H](n3ccc(=O)[nH]c3=O)[C@H](O)[C@@H]2OC)O1. The first-order chi connectivity index (χ1) is 16.6.